The highest BCUT2D eigenvalue weighted by Gasteiger charge is 2.46. The van der Waals surface area contributed by atoms with Crippen molar-refractivity contribution in [3.63, 3.8) is 0 Å². The molecule has 7 heteroatoms. The molecule has 2 bridgehead atoms. The SMILES string of the molecule is O=C(N1C[C@@H]2C[C@@H](C1)c1cccc(=O)n1C2)C(F)(F)F. The van der Waals surface area contributed by atoms with Crippen molar-refractivity contribution < 1.29 is 18.0 Å². The Hall–Kier alpha value is -1.79. The molecular weight excluding hydrogens is 273 g/mol. The van der Waals surface area contributed by atoms with Crippen LogP contribution in [0.3, 0.4) is 0 Å². The lowest BCUT2D eigenvalue weighted by molar-refractivity contribution is -0.187. The average Bonchev–Trinajstić information content (AvgIpc) is 2.38. The van der Waals surface area contributed by atoms with Crippen LogP contribution >= 0.6 is 0 Å². The molecule has 20 heavy (non-hydrogen) atoms. The lowest BCUT2D eigenvalue weighted by Crippen LogP contribution is -2.52. The molecule has 1 aromatic heterocycles. The third-order valence-corrected chi connectivity index (χ3v) is 4.01. The van der Waals surface area contributed by atoms with E-state index >= 15 is 0 Å². The molecule has 2 aliphatic heterocycles. The van der Waals surface area contributed by atoms with Crippen molar-refractivity contribution in [2.75, 3.05) is 13.1 Å². The van der Waals surface area contributed by atoms with Crippen molar-refractivity contribution in [1.82, 2.24) is 9.47 Å². The summed E-state index contributed by atoms with van der Waals surface area (Å²) in [6, 6.07) is 4.81. The van der Waals surface area contributed by atoms with E-state index in [2.05, 4.69) is 0 Å². The van der Waals surface area contributed by atoms with Gasteiger partial charge in [-0.05, 0) is 18.4 Å². The van der Waals surface area contributed by atoms with Crippen molar-refractivity contribution >= 4 is 5.91 Å². The number of aromatic nitrogens is 1. The van der Waals surface area contributed by atoms with E-state index < -0.39 is 12.1 Å². The summed E-state index contributed by atoms with van der Waals surface area (Å²) in [7, 11) is 0. The van der Waals surface area contributed by atoms with Crippen LogP contribution in [0.5, 0.6) is 0 Å². The molecule has 0 saturated carbocycles. The third-order valence-electron chi connectivity index (χ3n) is 4.01. The molecule has 3 rings (SSSR count). The van der Waals surface area contributed by atoms with Crippen LogP contribution in [0.25, 0.3) is 0 Å². The van der Waals surface area contributed by atoms with Crippen LogP contribution in [0.15, 0.2) is 23.0 Å². The van der Waals surface area contributed by atoms with Gasteiger partial charge in [0.1, 0.15) is 0 Å². The predicted octanol–water partition coefficient (Wildman–Crippen LogP) is 1.36. The number of carbonyl (C=O) groups is 1. The highest BCUT2D eigenvalue weighted by atomic mass is 19.4. The van der Waals surface area contributed by atoms with E-state index in [9.17, 15) is 22.8 Å². The minimum atomic E-state index is -4.83. The number of halogens is 3. The van der Waals surface area contributed by atoms with Crippen LogP contribution < -0.4 is 5.56 Å². The van der Waals surface area contributed by atoms with Gasteiger partial charge in [-0.15, -0.1) is 0 Å². The largest absolute Gasteiger partial charge is 0.471 e. The van der Waals surface area contributed by atoms with Gasteiger partial charge in [0.15, 0.2) is 0 Å². The second-order valence-corrected chi connectivity index (χ2v) is 5.41. The topological polar surface area (TPSA) is 42.3 Å². The van der Waals surface area contributed by atoms with Crippen LogP contribution in [0, 0.1) is 5.92 Å². The number of hydrogen-bond acceptors (Lipinski definition) is 2. The lowest BCUT2D eigenvalue weighted by Gasteiger charge is -2.42. The van der Waals surface area contributed by atoms with Crippen molar-refractivity contribution in [2.45, 2.75) is 25.1 Å². The van der Waals surface area contributed by atoms with Gasteiger partial charge >= 0.3 is 12.1 Å². The number of fused-ring (bicyclic) bond motifs is 4. The van der Waals surface area contributed by atoms with E-state index in [4.69, 9.17) is 0 Å². The molecule has 1 fully saturated rings. The zero-order valence-electron chi connectivity index (χ0n) is 10.6. The maximum atomic E-state index is 12.5. The number of carbonyl (C=O) groups excluding carboxylic acids is 1. The van der Waals surface area contributed by atoms with E-state index in [1.807, 2.05) is 0 Å². The molecule has 0 N–H and O–H groups in total. The predicted molar refractivity (Wildman–Crippen MR) is 64.2 cm³/mol. The van der Waals surface area contributed by atoms with Crippen molar-refractivity contribution in [3.8, 4) is 0 Å². The standard InChI is InChI=1S/C13H13F3N2O2/c14-13(15,16)12(20)17-5-8-4-9(7-17)10-2-1-3-11(19)18(10)6-8/h1-3,8-9H,4-7H2/t8-,9-/m0/s1. The van der Waals surface area contributed by atoms with Gasteiger partial charge in [0.25, 0.3) is 5.56 Å². The Morgan fingerprint density at radius 2 is 1.95 bits per heavy atom. The van der Waals surface area contributed by atoms with Crippen LogP contribution in [0.1, 0.15) is 18.0 Å². The van der Waals surface area contributed by atoms with Gasteiger partial charge in [-0.25, -0.2) is 0 Å². The Labute approximate surface area is 112 Å². The summed E-state index contributed by atoms with van der Waals surface area (Å²) < 4.78 is 39.2. The fourth-order valence-corrected chi connectivity index (χ4v) is 3.24. The molecule has 1 aromatic rings. The molecule has 1 saturated heterocycles. The third kappa shape index (κ3) is 2.10. The molecule has 3 heterocycles. The first-order valence-corrected chi connectivity index (χ1v) is 6.42. The van der Waals surface area contributed by atoms with E-state index in [1.54, 1.807) is 16.7 Å². The van der Waals surface area contributed by atoms with Crippen LogP contribution in [-0.2, 0) is 11.3 Å². The first-order chi connectivity index (χ1) is 9.36. The Kier molecular flexibility index (Phi) is 2.88. The first-order valence-electron chi connectivity index (χ1n) is 6.42. The van der Waals surface area contributed by atoms with Crippen molar-refractivity contribution in [1.29, 1.82) is 0 Å². The highest BCUT2D eigenvalue weighted by Crippen LogP contribution is 2.36. The van der Waals surface area contributed by atoms with Gasteiger partial charge in [0.2, 0.25) is 0 Å². The fourth-order valence-electron chi connectivity index (χ4n) is 3.24. The minimum absolute atomic E-state index is 0.0261. The summed E-state index contributed by atoms with van der Waals surface area (Å²) in [5, 5.41) is 0. The number of alkyl halides is 3. The Bertz CT molecular complexity index is 608. The quantitative estimate of drug-likeness (QED) is 0.722. The summed E-state index contributed by atoms with van der Waals surface area (Å²) in [6.07, 6.45) is -4.10. The van der Waals surface area contributed by atoms with E-state index in [1.165, 1.54) is 6.07 Å². The summed E-state index contributed by atoms with van der Waals surface area (Å²) in [5.41, 5.74) is 0.598. The van der Waals surface area contributed by atoms with Gasteiger partial charge < -0.3 is 9.47 Å². The minimum Gasteiger partial charge on any atom is -0.334 e. The zero-order valence-corrected chi connectivity index (χ0v) is 10.6. The molecule has 0 aliphatic carbocycles. The number of amides is 1. The van der Waals surface area contributed by atoms with Crippen LogP contribution in [0.2, 0.25) is 0 Å². The fraction of sp³-hybridized carbons (Fsp3) is 0.538. The Balaban J connectivity index is 1.91. The van der Waals surface area contributed by atoms with Gasteiger partial charge in [-0.3, -0.25) is 9.59 Å². The van der Waals surface area contributed by atoms with Crippen LogP contribution in [0.4, 0.5) is 13.2 Å². The van der Waals surface area contributed by atoms with Crippen LogP contribution in [-0.4, -0.2) is 34.6 Å². The maximum Gasteiger partial charge on any atom is 0.471 e. The van der Waals surface area contributed by atoms with Gasteiger partial charge in [-0.2, -0.15) is 13.2 Å². The second-order valence-electron chi connectivity index (χ2n) is 5.41. The normalized spacial score (nSPS) is 25.2. The van der Waals surface area contributed by atoms with E-state index in [-0.39, 0.29) is 30.5 Å². The number of piperidine rings is 1. The molecule has 108 valence electrons. The highest BCUT2D eigenvalue weighted by molar-refractivity contribution is 5.82. The Morgan fingerprint density at radius 3 is 2.65 bits per heavy atom. The smallest absolute Gasteiger partial charge is 0.334 e. The molecule has 1 amide bonds. The average molecular weight is 286 g/mol. The zero-order chi connectivity index (χ0) is 14.5. The van der Waals surface area contributed by atoms with Gasteiger partial charge in [0, 0.05) is 37.3 Å². The number of rotatable bonds is 0. The molecule has 0 radical (unpaired) electrons. The summed E-state index contributed by atoms with van der Waals surface area (Å²) >= 11 is 0. The summed E-state index contributed by atoms with van der Waals surface area (Å²) in [5.74, 6) is -2.06. The molecule has 0 aromatic carbocycles. The second kappa shape index (κ2) is 4.36. The first kappa shape index (κ1) is 13.2. The van der Waals surface area contributed by atoms with E-state index in [0.717, 1.165) is 17.0 Å². The summed E-state index contributed by atoms with van der Waals surface area (Å²) in [6.45, 7) is 0.473. The molecule has 0 spiro atoms. The molecule has 2 aliphatic rings. The number of likely N-dealkylation sites (tertiary alicyclic amines) is 1. The molecule has 0 unspecified atom stereocenters. The Morgan fingerprint density at radius 1 is 1.20 bits per heavy atom. The van der Waals surface area contributed by atoms with Gasteiger partial charge in [-0.1, -0.05) is 6.07 Å². The molecule has 2 atom stereocenters. The van der Waals surface area contributed by atoms with Crippen molar-refractivity contribution in [2.24, 2.45) is 5.92 Å². The van der Waals surface area contributed by atoms with Gasteiger partial charge in [0.05, 0.1) is 0 Å². The maximum absolute atomic E-state index is 12.5. The van der Waals surface area contributed by atoms with Crippen molar-refractivity contribution in [3.05, 3.63) is 34.2 Å². The number of nitrogens with zero attached hydrogens (tertiary/aromatic N) is 2. The molecular formula is C13H13F3N2O2. The summed E-state index contributed by atoms with van der Waals surface area (Å²) in [4.78, 5) is 24.0. The number of hydrogen-bond donors (Lipinski definition) is 0. The lowest BCUT2D eigenvalue weighted by atomic mass is 9.83. The molecule has 4 nitrogen and oxygen atoms in total. The number of pyridine rings is 1. The van der Waals surface area contributed by atoms with E-state index in [0.29, 0.717) is 6.54 Å². The monoisotopic (exact) mass is 286 g/mol.